The summed E-state index contributed by atoms with van der Waals surface area (Å²) >= 11 is 0. The molecule has 2 aliphatic heterocycles. The highest BCUT2D eigenvalue weighted by Gasteiger charge is 2.32. The lowest BCUT2D eigenvalue weighted by molar-refractivity contribution is -0.118. The predicted octanol–water partition coefficient (Wildman–Crippen LogP) is 4.11. The molecule has 0 saturated carbocycles. The maximum atomic E-state index is 13.3. The van der Waals surface area contributed by atoms with Crippen molar-refractivity contribution in [3.63, 3.8) is 0 Å². The molecule has 0 unspecified atom stereocenters. The second-order valence-corrected chi connectivity index (χ2v) is 9.06. The van der Waals surface area contributed by atoms with Gasteiger partial charge >= 0.3 is 0 Å². The lowest BCUT2D eigenvalue weighted by Crippen LogP contribution is -2.40. The Morgan fingerprint density at radius 3 is 2.58 bits per heavy atom. The number of benzene rings is 2. The van der Waals surface area contributed by atoms with E-state index in [9.17, 15) is 9.59 Å². The molecule has 1 fully saturated rings. The van der Waals surface area contributed by atoms with Crippen molar-refractivity contribution in [1.29, 1.82) is 0 Å². The molecule has 5 rings (SSSR count). The lowest BCUT2D eigenvalue weighted by atomic mass is 9.76. The molecule has 8 heteroatoms. The smallest absolute Gasteiger partial charge is 0.262 e. The third kappa shape index (κ3) is 4.71. The Labute approximate surface area is 210 Å². The molecule has 1 atom stereocenters. The number of nitrogens with zero attached hydrogens (tertiary/aromatic N) is 2. The second kappa shape index (κ2) is 10.3. The Kier molecular flexibility index (Phi) is 6.75. The predicted molar refractivity (Wildman–Crippen MR) is 135 cm³/mol. The van der Waals surface area contributed by atoms with Crippen LogP contribution in [-0.4, -0.2) is 55.6 Å². The summed E-state index contributed by atoms with van der Waals surface area (Å²) in [5, 5.41) is 2.77. The molecule has 1 N–H and O–H groups in total. The first-order chi connectivity index (χ1) is 17.6. The van der Waals surface area contributed by atoms with E-state index in [-0.39, 0.29) is 24.3 Å². The van der Waals surface area contributed by atoms with Gasteiger partial charge in [-0.1, -0.05) is 12.1 Å². The van der Waals surface area contributed by atoms with Crippen LogP contribution in [0.2, 0.25) is 0 Å². The highest BCUT2D eigenvalue weighted by atomic mass is 16.5. The van der Waals surface area contributed by atoms with E-state index in [0.717, 1.165) is 24.0 Å². The minimum Gasteiger partial charge on any atom is -0.493 e. The molecule has 36 heavy (non-hydrogen) atoms. The highest BCUT2D eigenvalue weighted by Crippen LogP contribution is 2.41. The average Bonchev–Trinajstić information content (AvgIpc) is 2.93. The van der Waals surface area contributed by atoms with Gasteiger partial charge in [0, 0.05) is 37.0 Å². The molecule has 1 aromatic heterocycles. The van der Waals surface area contributed by atoms with Gasteiger partial charge in [0.15, 0.2) is 18.1 Å². The van der Waals surface area contributed by atoms with Crippen molar-refractivity contribution in [2.75, 3.05) is 39.2 Å². The first kappa shape index (κ1) is 23.7. The van der Waals surface area contributed by atoms with Gasteiger partial charge in [0.1, 0.15) is 5.75 Å². The van der Waals surface area contributed by atoms with Gasteiger partial charge in [-0.25, -0.2) is 0 Å². The molecule has 2 aliphatic rings. The van der Waals surface area contributed by atoms with Crippen LogP contribution in [-0.2, 0) is 4.79 Å². The minimum absolute atomic E-state index is 0.00796. The van der Waals surface area contributed by atoms with E-state index in [1.54, 1.807) is 38.6 Å². The van der Waals surface area contributed by atoms with Crippen molar-refractivity contribution in [2.45, 2.75) is 18.8 Å². The maximum Gasteiger partial charge on any atom is 0.262 e. The van der Waals surface area contributed by atoms with Crippen LogP contribution in [0.3, 0.4) is 0 Å². The zero-order valence-electron chi connectivity index (χ0n) is 20.4. The monoisotopic (exact) mass is 487 g/mol. The zero-order valence-corrected chi connectivity index (χ0v) is 20.4. The number of fused-ring (bicyclic) bond motifs is 1. The maximum absolute atomic E-state index is 13.3. The Morgan fingerprint density at radius 1 is 1.06 bits per heavy atom. The van der Waals surface area contributed by atoms with E-state index in [4.69, 9.17) is 14.2 Å². The van der Waals surface area contributed by atoms with Crippen molar-refractivity contribution in [3.05, 3.63) is 77.6 Å². The second-order valence-electron chi connectivity index (χ2n) is 9.06. The summed E-state index contributed by atoms with van der Waals surface area (Å²) in [6.07, 6.45) is 5.40. The van der Waals surface area contributed by atoms with Crippen molar-refractivity contribution < 1.29 is 23.8 Å². The Bertz CT molecular complexity index is 1260. The summed E-state index contributed by atoms with van der Waals surface area (Å²) in [6.45, 7) is 1.28. The zero-order chi connectivity index (χ0) is 25.1. The highest BCUT2D eigenvalue weighted by molar-refractivity contribution is 5.99. The van der Waals surface area contributed by atoms with Gasteiger partial charge in [-0.05, 0) is 66.3 Å². The average molecular weight is 488 g/mol. The number of carbonyl (C=O) groups is 2. The molecule has 8 nitrogen and oxygen atoms in total. The van der Waals surface area contributed by atoms with E-state index >= 15 is 0 Å². The number of rotatable bonds is 6. The van der Waals surface area contributed by atoms with Crippen molar-refractivity contribution in [1.82, 2.24) is 9.88 Å². The van der Waals surface area contributed by atoms with Crippen LogP contribution < -0.4 is 19.5 Å². The van der Waals surface area contributed by atoms with E-state index < -0.39 is 0 Å². The number of pyridine rings is 1. The molecular formula is C28H29N3O5. The Hall–Kier alpha value is -4.07. The fraction of sp³-hybridized carbons (Fsp3) is 0.321. The van der Waals surface area contributed by atoms with Crippen LogP contribution in [0.5, 0.6) is 17.2 Å². The number of hydrogen-bond donors (Lipinski definition) is 1. The van der Waals surface area contributed by atoms with Gasteiger partial charge in [0.05, 0.1) is 19.9 Å². The van der Waals surface area contributed by atoms with Gasteiger partial charge in [-0.2, -0.15) is 0 Å². The third-order valence-electron chi connectivity index (χ3n) is 6.97. The first-order valence-electron chi connectivity index (χ1n) is 12.0. The van der Waals surface area contributed by atoms with Crippen LogP contribution in [0.1, 0.15) is 40.2 Å². The fourth-order valence-electron chi connectivity index (χ4n) is 5.18. The number of anilines is 1. The fourth-order valence-corrected chi connectivity index (χ4v) is 5.18. The number of hydrogen-bond acceptors (Lipinski definition) is 6. The molecule has 0 aliphatic carbocycles. The van der Waals surface area contributed by atoms with Crippen molar-refractivity contribution >= 4 is 17.5 Å². The van der Waals surface area contributed by atoms with Crippen LogP contribution in [0, 0.1) is 5.92 Å². The molecular weight excluding hydrogens is 458 g/mol. The minimum atomic E-state index is -0.218. The lowest BCUT2D eigenvalue weighted by Gasteiger charge is -2.37. The standard InChI is InChI=1S/C28H29N3O5/c1-34-24-8-5-19(15-25(24)35-2)27(21-4-3-11-29-16-21)18-9-12-31(13-10-18)28(33)20-6-7-23-22(14-20)30-26(32)17-36-23/h3-8,11,14-16,18,27H,9-10,12-13,17H2,1-2H3,(H,30,32)/t27-/m0/s1. The molecule has 0 spiro atoms. The largest absolute Gasteiger partial charge is 0.493 e. The molecule has 3 aromatic rings. The van der Waals surface area contributed by atoms with Gasteiger partial charge in [-0.15, -0.1) is 0 Å². The molecule has 1 saturated heterocycles. The molecule has 2 aromatic carbocycles. The van der Waals surface area contributed by atoms with Crippen LogP contribution in [0.4, 0.5) is 5.69 Å². The molecule has 2 amide bonds. The number of aromatic nitrogens is 1. The Morgan fingerprint density at radius 2 is 1.86 bits per heavy atom. The normalized spacial score (nSPS) is 16.4. The van der Waals surface area contributed by atoms with E-state index in [0.29, 0.717) is 47.5 Å². The van der Waals surface area contributed by atoms with Crippen molar-refractivity contribution in [3.8, 4) is 17.2 Å². The van der Waals surface area contributed by atoms with Gasteiger partial charge < -0.3 is 24.4 Å². The van der Waals surface area contributed by atoms with Gasteiger partial charge in [-0.3, -0.25) is 14.6 Å². The number of ether oxygens (including phenoxy) is 3. The van der Waals surface area contributed by atoms with E-state index in [1.807, 2.05) is 29.3 Å². The van der Waals surface area contributed by atoms with E-state index in [2.05, 4.69) is 22.4 Å². The van der Waals surface area contributed by atoms with Gasteiger partial charge in [0.25, 0.3) is 11.8 Å². The first-order valence-corrected chi connectivity index (χ1v) is 12.0. The number of methoxy groups -OCH3 is 2. The van der Waals surface area contributed by atoms with Crippen LogP contribution in [0.25, 0.3) is 0 Å². The number of likely N-dealkylation sites (tertiary alicyclic amines) is 1. The molecule has 3 heterocycles. The summed E-state index contributed by atoms with van der Waals surface area (Å²) < 4.78 is 16.4. The number of nitrogens with one attached hydrogen (secondary N) is 1. The summed E-state index contributed by atoms with van der Waals surface area (Å²) in [5.74, 6) is 2.15. The summed E-state index contributed by atoms with van der Waals surface area (Å²) in [6, 6.07) is 15.3. The van der Waals surface area contributed by atoms with Crippen molar-refractivity contribution in [2.24, 2.45) is 5.92 Å². The number of amides is 2. The summed E-state index contributed by atoms with van der Waals surface area (Å²) in [7, 11) is 3.27. The molecule has 0 radical (unpaired) electrons. The van der Waals surface area contributed by atoms with Crippen LogP contribution >= 0.6 is 0 Å². The molecule has 186 valence electrons. The SMILES string of the molecule is COc1ccc([C@@H](c2cccnc2)C2CCN(C(=O)c3ccc4c(c3)NC(=O)CO4)CC2)cc1OC. The summed E-state index contributed by atoms with van der Waals surface area (Å²) in [5.41, 5.74) is 3.36. The number of piperidine rings is 1. The van der Waals surface area contributed by atoms with Gasteiger partial charge in [0.2, 0.25) is 0 Å². The van der Waals surface area contributed by atoms with E-state index in [1.165, 1.54) is 0 Å². The topological polar surface area (TPSA) is 90.0 Å². The summed E-state index contributed by atoms with van der Waals surface area (Å²) in [4.78, 5) is 31.2. The number of carbonyl (C=O) groups excluding carboxylic acids is 2. The quantitative estimate of drug-likeness (QED) is 0.563. The molecule has 0 bridgehead atoms. The van der Waals surface area contributed by atoms with Crippen LogP contribution in [0.15, 0.2) is 60.9 Å². The Balaban J connectivity index is 1.35. The third-order valence-corrected chi connectivity index (χ3v) is 6.97.